The van der Waals surface area contributed by atoms with Gasteiger partial charge in [0, 0.05) is 12.5 Å². The predicted octanol–water partition coefficient (Wildman–Crippen LogP) is 6.44. The van der Waals surface area contributed by atoms with E-state index >= 15 is 0 Å². The largest absolute Gasteiger partial charge is 0.352 e. The lowest BCUT2D eigenvalue weighted by molar-refractivity contribution is -0.126. The van der Waals surface area contributed by atoms with Crippen molar-refractivity contribution in [3.63, 3.8) is 0 Å². The van der Waals surface area contributed by atoms with Crippen LogP contribution in [0.2, 0.25) is 0 Å². The molecule has 2 unspecified atom stereocenters. The van der Waals surface area contributed by atoms with Crippen molar-refractivity contribution in [1.29, 1.82) is 0 Å². The number of nitrogens with zero attached hydrogens (tertiary/aromatic N) is 2. The van der Waals surface area contributed by atoms with Crippen LogP contribution in [0, 0.1) is 4.91 Å². The van der Waals surface area contributed by atoms with Gasteiger partial charge in [-0.3, -0.25) is 4.79 Å². The van der Waals surface area contributed by atoms with Gasteiger partial charge in [-0.05, 0) is 43.4 Å². The normalized spacial score (nSPS) is 21.8. The Morgan fingerprint density at radius 2 is 2.00 bits per heavy atom. The van der Waals surface area contributed by atoms with Gasteiger partial charge in [0.05, 0.1) is 16.4 Å². The lowest BCUT2D eigenvalue weighted by atomic mass is 9.95. The Balaban J connectivity index is 2.30. The minimum absolute atomic E-state index is 0.0798. The average molecular weight is 464 g/mol. The molecule has 0 spiro atoms. The Bertz CT molecular complexity index is 739. The summed E-state index contributed by atoms with van der Waals surface area (Å²) in [6, 6.07) is -0.795. The molecule has 1 amide bonds. The molecule has 2 aliphatic carbocycles. The fourth-order valence-electron chi connectivity index (χ4n) is 4.17. The summed E-state index contributed by atoms with van der Waals surface area (Å²) < 4.78 is 12.5. The number of alkyl halides is 2. The Hall–Kier alpha value is -2.21. The highest BCUT2D eigenvalue weighted by atomic mass is 35.5. The summed E-state index contributed by atoms with van der Waals surface area (Å²) in [6.07, 6.45) is 21.2. The van der Waals surface area contributed by atoms with Gasteiger partial charge < -0.3 is 5.32 Å². The fraction of sp³-hybridized carbons (Fsp3) is 0.560. The summed E-state index contributed by atoms with van der Waals surface area (Å²) >= 11 is 6.58. The van der Waals surface area contributed by atoms with Crippen LogP contribution in [0.4, 0.5) is 4.39 Å². The lowest BCUT2D eigenvalue weighted by Gasteiger charge is -2.30. The van der Waals surface area contributed by atoms with Gasteiger partial charge in [0.15, 0.2) is 0 Å². The Morgan fingerprint density at radius 1 is 1.28 bits per heavy atom. The molecule has 5 nitrogen and oxygen atoms in total. The molecule has 2 aliphatic rings. The molecule has 0 aromatic rings. The third-order valence-corrected chi connectivity index (χ3v) is 6.47. The maximum Gasteiger partial charge on any atom is 0.245 e. The van der Waals surface area contributed by atoms with Crippen molar-refractivity contribution in [1.82, 2.24) is 10.3 Å². The van der Waals surface area contributed by atoms with Gasteiger partial charge in [0.1, 0.15) is 12.7 Å². The summed E-state index contributed by atoms with van der Waals surface area (Å²) in [6.45, 7) is 3.11. The smallest absolute Gasteiger partial charge is 0.245 e. The molecular weight excluding hydrogens is 429 g/mol. The number of amides is 1. The molecule has 32 heavy (non-hydrogen) atoms. The van der Waals surface area contributed by atoms with E-state index in [0.717, 1.165) is 49.1 Å². The van der Waals surface area contributed by atoms with Gasteiger partial charge in [0.2, 0.25) is 5.91 Å². The van der Waals surface area contributed by atoms with E-state index in [1.807, 2.05) is 18.2 Å². The van der Waals surface area contributed by atoms with E-state index in [1.54, 1.807) is 0 Å². The van der Waals surface area contributed by atoms with E-state index in [9.17, 15) is 14.1 Å². The Morgan fingerprint density at radius 3 is 2.66 bits per heavy atom. The number of hydrogen-bond acceptors (Lipinski definition) is 3. The highest BCUT2D eigenvalue weighted by molar-refractivity contribution is 6.22. The minimum atomic E-state index is -0.875. The van der Waals surface area contributed by atoms with Crippen LogP contribution in [0.25, 0.3) is 0 Å². The first-order valence-corrected chi connectivity index (χ1v) is 12.0. The molecule has 176 valence electrons. The maximum atomic E-state index is 13.4. The van der Waals surface area contributed by atoms with Gasteiger partial charge in [-0.1, -0.05) is 69.1 Å². The highest BCUT2D eigenvalue weighted by Crippen LogP contribution is 2.27. The number of carbonyl (C=O) groups is 1. The van der Waals surface area contributed by atoms with Crippen LogP contribution in [0.3, 0.4) is 0 Å². The standard InChI is InChI=1S/C25H35ClFN3O2/c1-2-22(16-11-12-18-27)30(29-32)24(19-20-13-7-6-10-17-23(20)26)25(31)28-21-14-8-4-3-5-9-15-21/h2,6-7,11-13,16,21,23-24H,1,3-5,8-10,14-15,17-19H2,(H,28,31)/b12-11-,22-16+. The van der Waals surface area contributed by atoms with Crippen molar-refractivity contribution in [2.45, 2.75) is 81.7 Å². The zero-order valence-corrected chi connectivity index (χ0v) is 19.5. The second kappa shape index (κ2) is 14.8. The van der Waals surface area contributed by atoms with Crippen LogP contribution in [0.5, 0.6) is 0 Å². The van der Waals surface area contributed by atoms with Crippen molar-refractivity contribution in [2.24, 2.45) is 5.29 Å². The predicted molar refractivity (Wildman–Crippen MR) is 130 cm³/mol. The topological polar surface area (TPSA) is 61.8 Å². The first kappa shape index (κ1) is 26.0. The molecule has 0 radical (unpaired) electrons. The van der Waals surface area contributed by atoms with Crippen LogP contribution in [0.15, 0.2) is 65.7 Å². The molecule has 1 saturated carbocycles. The first-order chi connectivity index (χ1) is 15.6. The van der Waals surface area contributed by atoms with E-state index in [0.29, 0.717) is 5.70 Å². The van der Waals surface area contributed by atoms with Gasteiger partial charge >= 0.3 is 0 Å². The molecule has 0 aromatic carbocycles. The number of allylic oxidation sites excluding steroid dienone is 7. The number of hydrogen-bond donors (Lipinski definition) is 1. The molecule has 2 atom stereocenters. The van der Waals surface area contributed by atoms with Crippen molar-refractivity contribution < 1.29 is 9.18 Å². The number of nitroso groups, excluding NO2 is 1. The van der Waals surface area contributed by atoms with Crippen molar-refractivity contribution in [3.8, 4) is 0 Å². The van der Waals surface area contributed by atoms with Crippen LogP contribution in [0.1, 0.15) is 64.2 Å². The first-order valence-electron chi connectivity index (χ1n) is 11.6. The second-order valence-corrected chi connectivity index (χ2v) is 8.82. The molecular formula is C25H35ClFN3O2. The van der Waals surface area contributed by atoms with E-state index in [-0.39, 0.29) is 23.7 Å². The van der Waals surface area contributed by atoms with Gasteiger partial charge in [0.25, 0.3) is 0 Å². The summed E-state index contributed by atoms with van der Waals surface area (Å²) in [4.78, 5) is 25.4. The second-order valence-electron chi connectivity index (χ2n) is 8.29. The molecule has 1 N–H and O–H groups in total. The van der Waals surface area contributed by atoms with E-state index in [2.05, 4.69) is 17.2 Å². The molecule has 0 heterocycles. The molecule has 7 heteroatoms. The van der Waals surface area contributed by atoms with Gasteiger partial charge in [-0.25, -0.2) is 9.40 Å². The third kappa shape index (κ3) is 8.38. The van der Waals surface area contributed by atoms with E-state index in [4.69, 9.17) is 11.6 Å². The lowest BCUT2D eigenvalue weighted by Crippen LogP contribution is -2.48. The van der Waals surface area contributed by atoms with Crippen LogP contribution in [-0.4, -0.2) is 35.1 Å². The molecule has 0 aliphatic heterocycles. The zero-order chi connectivity index (χ0) is 23.2. The summed E-state index contributed by atoms with van der Waals surface area (Å²) in [5.41, 5.74) is 1.22. The fourth-order valence-corrected chi connectivity index (χ4v) is 4.46. The monoisotopic (exact) mass is 463 g/mol. The molecule has 2 rings (SSSR count). The highest BCUT2D eigenvalue weighted by Gasteiger charge is 2.32. The van der Waals surface area contributed by atoms with E-state index < -0.39 is 12.7 Å². The number of carbonyl (C=O) groups excluding carboxylic acids is 1. The van der Waals surface area contributed by atoms with Crippen molar-refractivity contribution in [2.75, 3.05) is 6.67 Å². The van der Waals surface area contributed by atoms with E-state index in [1.165, 1.54) is 43.6 Å². The summed E-state index contributed by atoms with van der Waals surface area (Å²) in [7, 11) is 0. The minimum Gasteiger partial charge on any atom is -0.352 e. The zero-order valence-electron chi connectivity index (χ0n) is 18.7. The molecule has 1 fully saturated rings. The van der Waals surface area contributed by atoms with Crippen LogP contribution < -0.4 is 5.32 Å². The van der Waals surface area contributed by atoms with Gasteiger partial charge in [-0.15, -0.1) is 16.5 Å². The SMILES string of the molecule is C=C/C(=C\C=C/CF)N(N=O)C(CC1=CC=CCCC1Cl)C(=O)NC1CCCCCCC1. The Labute approximate surface area is 196 Å². The Kier molecular flexibility index (Phi) is 12.0. The van der Waals surface area contributed by atoms with Gasteiger partial charge in [-0.2, -0.15) is 0 Å². The van der Waals surface area contributed by atoms with Crippen molar-refractivity contribution >= 4 is 17.5 Å². The number of nitrogens with one attached hydrogen (secondary N) is 1. The number of rotatable bonds is 10. The molecule has 0 aromatic heterocycles. The summed E-state index contributed by atoms with van der Waals surface area (Å²) in [5.74, 6) is -0.254. The molecule has 0 saturated heterocycles. The van der Waals surface area contributed by atoms with Crippen LogP contribution >= 0.6 is 11.6 Å². The molecule has 0 bridgehead atoms. The summed E-state index contributed by atoms with van der Waals surface area (Å²) in [5, 5.41) is 7.23. The quantitative estimate of drug-likeness (QED) is 0.175. The van der Waals surface area contributed by atoms with Crippen LogP contribution in [-0.2, 0) is 4.79 Å². The average Bonchev–Trinajstić information content (AvgIpc) is 2.97. The maximum absolute atomic E-state index is 13.4. The third-order valence-electron chi connectivity index (χ3n) is 5.97. The number of halogens is 2. The van der Waals surface area contributed by atoms with Crippen molar-refractivity contribution in [3.05, 3.63) is 65.3 Å².